The molecule has 1 aliphatic carbocycles. The van der Waals surface area contributed by atoms with Crippen molar-refractivity contribution in [1.29, 1.82) is 0 Å². The molecule has 148 valence electrons. The van der Waals surface area contributed by atoms with Crippen molar-refractivity contribution in [3.63, 3.8) is 0 Å². The number of carbonyl (C=O) groups excluding carboxylic acids is 1. The van der Waals surface area contributed by atoms with Gasteiger partial charge in [0.2, 0.25) is 5.95 Å². The van der Waals surface area contributed by atoms with Crippen LogP contribution in [0.15, 0.2) is 41.9 Å². The van der Waals surface area contributed by atoms with E-state index in [-0.39, 0.29) is 18.1 Å². The van der Waals surface area contributed by atoms with Crippen LogP contribution in [0.25, 0.3) is 0 Å². The van der Waals surface area contributed by atoms with Gasteiger partial charge in [0.25, 0.3) is 0 Å². The molecule has 2 aliphatic rings. The molecule has 1 aliphatic heterocycles. The normalized spacial score (nSPS) is 19.8. The topological polar surface area (TPSA) is 72.3 Å². The Labute approximate surface area is 165 Å². The van der Waals surface area contributed by atoms with Gasteiger partial charge in [-0.3, -0.25) is 0 Å². The lowest BCUT2D eigenvalue weighted by atomic mass is 9.94. The average molecular weight is 381 g/mol. The lowest BCUT2D eigenvalue weighted by Gasteiger charge is -2.30. The summed E-state index contributed by atoms with van der Waals surface area (Å²) in [7, 11) is 4.01. The van der Waals surface area contributed by atoms with Crippen LogP contribution < -0.4 is 10.2 Å². The summed E-state index contributed by atoms with van der Waals surface area (Å²) in [6, 6.07) is 7.82. The van der Waals surface area contributed by atoms with E-state index in [1.807, 2.05) is 50.2 Å². The van der Waals surface area contributed by atoms with Gasteiger partial charge in [0.05, 0.1) is 5.57 Å². The number of aromatic nitrogens is 3. The molecule has 7 nitrogen and oxygen atoms in total. The van der Waals surface area contributed by atoms with Gasteiger partial charge in [-0.15, -0.1) is 0 Å². The highest BCUT2D eigenvalue weighted by molar-refractivity contribution is 5.92. The predicted molar refractivity (Wildman–Crippen MR) is 108 cm³/mol. The number of benzene rings is 1. The van der Waals surface area contributed by atoms with Crippen molar-refractivity contribution in [2.45, 2.75) is 51.2 Å². The third-order valence-electron chi connectivity index (χ3n) is 5.57. The minimum Gasteiger partial charge on any atom is -0.459 e. The van der Waals surface area contributed by atoms with Gasteiger partial charge in [-0.1, -0.05) is 18.6 Å². The van der Waals surface area contributed by atoms with Gasteiger partial charge in [-0.2, -0.15) is 10.1 Å². The molecule has 0 spiro atoms. The number of nitrogens with zero attached hydrogens (tertiary/aromatic N) is 4. The first-order valence-corrected chi connectivity index (χ1v) is 9.90. The van der Waals surface area contributed by atoms with Crippen molar-refractivity contribution in [1.82, 2.24) is 14.8 Å². The number of anilines is 2. The molecule has 0 saturated heterocycles. The van der Waals surface area contributed by atoms with Crippen LogP contribution in [0.2, 0.25) is 0 Å². The Morgan fingerprint density at radius 2 is 1.89 bits per heavy atom. The van der Waals surface area contributed by atoms with Crippen molar-refractivity contribution >= 4 is 17.6 Å². The Morgan fingerprint density at radius 1 is 1.18 bits per heavy atom. The quantitative estimate of drug-likeness (QED) is 0.817. The highest BCUT2D eigenvalue weighted by Gasteiger charge is 2.35. The van der Waals surface area contributed by atoms with Crippen LogP contribution in [0, 0.1) is 0 Å². The molecule has 0 radical (unpaired) electrons. The Hall–Kier alpha value is -2.83. The fourth-order valence-corrected chi connectivity index (χ4v) is 4.02. The standard InChI is InChI=1S/C21H27N5O2/c1-14-18(20(27)28-17-7-5-4-6-8-17)19(26-21(24-14)22-13-23-26)15-9-11-16(12-10-15)25(2)3/h9-13,17,19H,4-8H2,1-3H3,(H,22,23,24). The van der Waals surface area contributed by atoms with Crippen molar-refractivity contribution in [3.05, 3.63) is 47.4 Å². The number of allylic oxidation sites excluding steroid dienone is 1. The summed E-state index contributed by atoms with van der Waals surface area (Å²) in [5, 5.41) is 7.57. The number of fused-ring (bicyclic) bond motifs is 1. The summed E-state index contributed by atoms with van der Waals surface area (Å²) in [6.07, 6.45) is 6.88. The second-order valence-electron chi connectivity index (χ2n) is 7.75. The van der Waals surface area contributed by atoms with Crippen LogP contribution in [-0.4, -0.2) is 40.9 Å². The molecular weight excluding hydrogens is 354 g/mol. The number of esters is 1. The number of hydrogen-bond donors (Lipinski definition) is 1. The molecule has 1 atom stereocenters. The molecule has 4 rings (SSSR count). The Balaban J connectivity index is 1.68. The van der Waals surface area contributed by atoms with Crippen molar-refractivity contribution in [2.24, 2.45) is 0 Å². The van der Waals surface area contributed by atoms with E-state index >= 15 is 0 Å². The van der Waals surface area contributed by atoms with E-state index in [1.165, 1.54) is 12.7 Å². The summed E-state index contributed by atoms with van der Waals surface area (Å²) >= 11 is 0. The SMILES string of the molecule is CC1=C(C(=O)OC2CCCCC2)C(c2ccc(N(C)C)cc2)n2ncnc2N1. The summed E-state index contributed by atoms with van der Waals surface area (Å²) in [4.78, 5) is 19.5. The minimum atomic E-state index is -0.356. The van der Waals surface area contributed by atoms with E-state index in [9.17, 15) is 4.79 Å². The van der Waals surface area contributed by atoms with Crippen molar-refractivity contribution in [3.8, 4) is 0 Å². The van der Waals surface area contributed by atoms with Gasteiger partial charge in [0.15, 0.2) is 0 Å². The molecule has 1 aromatic carbocycles. The van der Waals surface area contributed by atoms with Gasteiger partial charge in [0.1, 0.15) is 18.5 Å². The first-order valence-electron chi connectivity index (χ1n) is 9.90. The highest BCUT2D eigenvalue weighted by atomic mass is 16.5. The molecule has 28 heavy (non-hydrogen) atoms. The molecule has 7 heteroatoms. The second-order valence-corrected chi connectivity index (χ2v) is 7.75. The van der Waals surface area contributed by atoms with Gasteiger partial charge in [-0.05, 0) is 50.3 Å². The number of ether oxygens (including phenoxy) is 1. The second kappa shape index (κ2) is 7.66. The van der Waals surface area contributed by atoms with E-state index in [0.29, 0.717) is 11.5 Å². The molecule has 1 aromatic heterocycles. The first kappa shape index (κ1) is 18.5. The van der Waals surface area contributed by atoms with Crippen LogP contribution in [0.1, 0.15) is 50.6 Å². The minimum absolute atomic E-state index is 0.00969. The van der Waals surface area contributed by atoms with Crippen LogP contribution in [-0.2, 0) is 9.53 Å². The first-order chi connectivity index (χ1) is 13.5. The number of carbonyl (C=O) groups is 1. The Kier molecular flexibility index (Phi) is 5.07. The van der Waals surface area contributed by atoms with E-state index in [4.69, 9.17) is 4.74 Å². The Morgan fingerprint density at radius 3 is 2.57 bits per heavy atom. The number of hydrogen-bond acceptors (Lipinski definition) is 6. The maximum Gasteiger partial charge on any atom is 0.338 e. The van der Waals surface area contributed by atoms with E-state index in [2.05, 4.69) is 15.4 Å². The molecule has 1 unspecified atom stereocenters. The van der Waals surface area contributed by atoms with E-state index in [1.54, 1.807) is 4.68 Å². The third kappa shape index (κ3) is 3.48. The molecule has 1 N–H and O–H groups in total. The zero-order valence-electron chi connectivity index (χ0n) is 16.7. The van der Waals surface area contributed by atoms with E-state index < -0.39 is 0 Å². The predicted octanol–water partition coefficient (Wildman–Crippen LogP) is 3.51. The summed E-state index contributed by atoms with van der Waals surface area (Å²) in [5.41, 5.74) is 3.45. The molecule has 0 bridgehead atoms. The molecular formula is C21H27N5O2. The maximum atomic E-state index is 13.2. The fraction of sp³-hybridized carbons (Fsp3) is 0.476. The average Bonchev–Trinajstić information content (AvgIpc) is 3.15. The largest absolute Gasteiger partial charge is 0.459 e. The summed E-state index contributed by atoms with van der Waals surface area (Å²) in [6.45, 7) is 1.90. The Bertz CT molecular complexity index is 878. The fourth-order valence-electron chi connectivity index (χ4n) is 4.02. The van der Waals surface area contributed by atoms with Crippen molar-refractivity contribution < 1.29 is 9.53 Å². The molecule has 2 aromatic rings. The van der Waals surface area contributed by atoms with Crippen LogP contribution in [0.3, 0.4) is 0 Å². The number of nitrogens with one attached hydrogen (secondary N) is 1. The van der Waals surface area contributed by atoms with Crippen LogP contribution in [0.4, 0.5) is 11.6 Å². The van der Waals surface area contributed by atoms with Crippen LogP contribution in [0.5, 0.6) is 0 Å². The molecule has 0 amide bonds. The maximum absolute atomic E-state index is 13.2. The van der Waals surface area contributed by atoms with Gasteiger partial charge in [-0.25, -0.2) is 9.48 Å². The lowest BCUT2D eigenvalue weighted by molar-refractivity contribution is -0.146. The lowest BCUT2D eigenvalue weighted by Crippen LogP contribution is -2.32. The summed E-state index contributed by atoms with van der Waals surface area (Å²) in [5.74, 6) is 0.369. The van der Waals surface area contributed by atoms with Gasteiger partial charge < -0.3 is 15.0 Å². The van der Waals surface area contributed by atoms with E-state index in [0.717, 1.165) is 42.6 Å². The smallest absolute Gasteiger partial charge is 0.338 e. The monoisotopic (exact) mass is 381 g/mol. The summed E-state index contributed by atoms with van der Waals surface area (Å²) < 4.78 is 7.66. The number of rotatable bonds is 4. The van der Waals surface area contributed by atoms with Crippen LogP contribution >= 0.6 is 0 Å². The molecule has 1 fully saturated rings. The molecule has 1 saturated carbocycles. The van der Waals surface area contributed by atoms with Gasteiger partial charge >= 0.3 is 5.97 Å². The highest BCUT2D eigenvalue weighted by Crippen LogP contribution is 2.36. The molecule has 2 heterocycles. The zero-order valence-corrected chi connectivity index (χ0v) is 16.7. The van der Waals surface area contributed by atoms with Gasteiger partial charge in [0, 0.05) is 25.5 Å². The zero-order chi connectivity index (χ0) is 19.7. The third-order valence-corrected chi connectivity index (χ3v) is 5.57. The van der Waals surface area contributed by atoms with Crippen molar-refractivity contribution in [2.75, 3.05) is 24.3 Å².